The Morgan fingerprint density at radius 1 is 1.25 bits per heavy atom. The summed E-state index contributed by atoms with van der Waals surface area (Å²) >= 11 is 3.11. The van der Waals surface area contributed by atoms with Gasteiger partial charge in [0.25, 0.3) is 0 Å². The number of hydrogen-bond donors (Lipinski definition) is 1. The normalized spacial score (nSPS) is 14.3. The Labute approximate surface area is 124 Å². The molecule has 1 aliphatic carbocycles. The summed E-state index contributed by atoms with van der Waals surface area (Å²) in [7, 11) is 0. The van der Waals surface area contributed by atoms with Crippen molar-refractivity contribution in [3.8, 4) is 11.6 Å². The number of ether oxygens (including phenoxy) is 1. The summed E-state index contributed by atoms with van der Waals surface area (Å²) in [4.78, 5) is 0. The van der Waals surface area contributed by atoms with Gasteiger partial charge in [-0.15, -0.1) is 5.10 Å². The highest BCUT2D eigenvalue weighted by Gasteiger charge is 2.20. The molecule has 0 spiro atoms. The molecule has 1 saturated carbocycles. The van der Waals surface area contributed by atoms with E-state index in [-0.39, 0.29) is 5.82 Å². The first-order valence-corrected chi connectivity index (χ1v) is 7.19. The Balaban J connectivity index is 1.62. The van der Waals surface area contributed by atoms with Crippen LogP contribution in [0.4, 0.5) is 4.39 Å². The van der Waals surface area contributed by atoms with Gasteiger partial charge < -0.3 is 10.1 Å². The lowest BCUT2D eigenvalue weighted by Gasteiger charge is -2.06. The van der Waals surface area contributed by atoms with Crippen LogP contribution in [-0.4, -0.2) is 16.2 Å². The number of halogens is 2. The Kier molecular flexibility index (Phi) is 3.93. The number of benzene rings is 1. The molecule has 4 nitrogen and oxygen atoms in total. The molecule has 1 N–H and O–H groups in total. The highest BCUT2D eigenvalue weighted by atomic mass is 79.9. The topological polar surface area (TPSA) is 47.0 Å². The van der Waals surface area contributed by atoms with Crippen LogP contribution in [0.1, 0.15) is 18.5 Å². The molecule has 6 heteroatoms. The zero-order chi connectivity index (χ0) is 13.9. The average molecular weight is 338 g/mol. The summed E-state index contributed by atoms with van der Waals surface area (Å²) in [5.74, 6) is 0.569. The minimum atomic E-state index is -0.329. The van der Waals surface area contributed by atoms with Crippen LogP contribution in [0.3, 0.4) is 0 Å². The molecule has 104 valence electrons. The molecule has 1 aromatic carbocycles. The van der Waals surface area contributed by atoms with Crippen LogP contribution >= 0.6 is 15.9 Å². The third-order valence-corrected chi connectivity index (χ3v) is 3.57. The van der Waals surface area contributed by atoms with Gasteiger partial charge in [-0.1, -0.05) is 0 Å². The maximum atomic E-state index is 13.1. The zero-order valence-corrected chi connectivity index (χ0v) is 12.2. The van der Waals surface area contributed by atoms with E-state index in [9.17, 15) is 4.39 Å². The fourth-order valence-electron chi connectivity index (χ4n) is 1.69. The van der Waals surface area contributed by atoms with Gasteiger partial charge in [-0.05, 0) is 53.0 Å². The van der Waals surface area contributed by atoms with Gasteiger partial charge in [0.15, 0.2) is 0 Å². The van der Waals surface area contributed by atoms with Crippen molar-refractivity contribution in [1.82, 2.24) is 15.5 Å². The van der Waals surface area contributed by atoms with E-state index in [0.717, 1.165) is 12.2 Å². The van der Waals surface area contributed by atoms with E-state index in [4.69, 9.17) is 4.74 Å². The number of hydrogen-bond acceptors (Lipinski definition) is 4. The van der Waals surface area contributed by atoms with Crippen LogP contribution in [0.15, 0.2) is 34.8 Å². The molecule has 0 unspecified atom stereocenters. The molecular formula is C14H13BrFN3O. The lowest BCUT2D eigenvalue weighted by atomic mass is 10.3. The summed E-state index contributed by atoms with van der Waals surface area (Å²) in [5, 5.41) is 11.5. The second kappa shape index (κ2) is 5.85. The Morgan fingerprint density at radius 2 is 2.10 bits per heavy atom. The molecule has 0 atom stereocenters. The van der Waals surface area contributed by atoms with Crippen molar-refractivity contribution < 1.29 is 9.13 Å². The van der Waals surface area contributed by atoms with E-state index in [1.807, 2.05) is 6.07 Å². The van der Waals surface area contributed by atoms with Gasteiger partial charge >= 0.3 is 0 Å². The molecule has 1 fully saturated rings. The molecular weight excluding hydrogens is 325 g/mol. The fourth-order valence-corrected chi connectivity index (χ4v) is 2.05. The van der Waals surface area contributed by atoms with Gasteiger partial charge in [-0.25, -0.2) is 4.39 Å². The minimum absolute atomic E-state index is 0.329. The summed E-state index contributed by atoms with van der Waals surface area (Å²) in [6.07, 6.45) is 2.49. The minimum Gasteiger partial charge on any atom is -0.437 e. The predicted molar refractivity (Wildman–Crippen MR) is 76.1 cm³/mol. The van der Waals surface area contributed by atoms with E-state index in [1.54, 1.807) is 18.2 Å². The van der Waals surface area contributed by atoms with Crippen molar-refractivity contribution in [2.24, 2.45) is 0 Å². The third-order valence-electron chi connectivity index (χ3n) is 2.96. The first-order valence-electron chi connectivity index (χ1n) is 6.39. The van der Waals surface area contributed by atoms with Gasteiger partial charge in [-0.2, -0.15) is 5.10 Å². The number of aromatic nitrogens is 2. The van der Waals surface area contributed by atoms with E-state index in [1.165, 1.54) is 18.9 Å². The van der Waals surface area contributed by atoms with E-state index >= 15 is 0 Å². The van der Waals surface area contributed by atoms with Crippen molar-refractivity contribution in [3.63, 3.8) is 0 Å². The number of rotatable bonds is 5. The van der Waals surface area contributed by atoms with Crippen LogP contribution in [0.25, 0.3) is 0 Å². The summed E-state index contributed by atoms with van der Waals surface area (Å²) < 4.78 is 19.0. The van der Waals surface area contributed by atoms with Crippen LogP contribution in [0, 0.1) is 5.82 Å². The first kappa shape index (κ1) is 13.5. The Hall–Kier alpha value is -1.53. The van der Waals surface area contributed by atoms with Gasteiger partial charge in [0, 0.05) is 18.7 Å². The molecule has 0 bridgehead atoms. The van der Waals surface area contributed by atoms with E-state index in [2.05, 4.69) is 31.4 Å². The molecule has 0 saturated heterocycles. The van der Waals surface area contributed by atoms with Crippen LogP contribution in [-0.2, 0) is 6.54 Å². The number of nitrogens with one attached hydrogen (secondary N) is 1. The summed E-state index contributed by atoms with van der Waals surface area (Å²) in [5.41, 5.74) is 0.879. The molecule has 20 heavy (non-hydrogen) atoms. The molecule has 1 heterocycles. The molecule has 1 aliphatic rings. The van der Waals surface area contributed by atoms with Crippen molar-refractivity contribution in [3.05, 3.63) is 46.3 Å². The molecule has 3 rings (SSSR count). The van der Waals surface area contributed by atoms with Gasteiger partial charge in [-0.3, -0.25) is 0 Å². The lowest BCUT2D eigenvalue weighted by molar-refractivity contribution is 0.451. The van der Waals surface area contributed by atoms with Crippen molar-refractivity contribution in [2.75, 3.05) is 0 Å². The average Bonchev–Trinajstić information content (AvgIpc) is 3.26. The third kappa shape index (κ3) is 3.52. The maximum absolute atomic E-state index is 13.1. The molecule has 0 radical (unpaired) electrons. The lowest BCUT2D eigenvalue weighted by Crippen LogP contribution is -2.16. The van der Waals surface area contributed by atoms with Crippen LogP contribution in [0.2, 0.25) is 0 Å². The Morgan fingerprint density at radius 3 is 2.75 bits per heavy atom. The molecule has 0 aliphatic heterocycles. The first-order chi connectivity index (χ1) is 9.70. The van der Waals surface area contributed by atoms with Gasteiger partial charge in [0.2, 0.25) is 5.88 Å². The van der Waals surface area contributed by atoms with Gasteiger partial charge in [0.1, 0.15) is 11.6 Å². The van der Waals surface area contributed by atoms with Crippen molar-refractivity contribution in [1.29, 1.82) is 0 Å². The molecule has 2 aromatic rings. The van der Waals surface area contributed by atoms with Gasteiger partial charge in [0.05, 0.1) is 10.2 Å². The highest BCUT2D eigenvalue weighted by molar-refractivity contribution is 9.10. The smallest absolute Gasteiger partial charge is 0.238 e. The fraction of sp³-hybridized carbons (Fsp3) is 0.286. The Bertz CT molecular complexity index is 602. The quantitative estimate of drug-likeness (QED) is 0.908. The monoisotopic (exact) mass is 337 g/mol. The highest BCUT2D eigenvalue weighted by Crippen LogP contribution is 2.25. The number of nitrogens with zero attached hydrogens (tertiary/aromatic N) is 2. The van der Waals surface area contributed by atoms with Crippen LogP contribution in [0.5, 0.6) is 11.6 Å². The molecule has 1 aromatic heterocycles. The predicted octanol–water partition coefficient (Wildman–Crippen LogP) is 3.42. The summed E-state index contributed by atoms with van der Waals surface area (Å²) in [6, 6.07) is 8.71. The van der Waals surface area contributed by atoms with E-state index in [0.29, 0.717) is 22.1 Å². The second-order valence-electron chi connectivity index (χ2n) is 4.70. The maximum Gasteiger partial charge on any atom is 0.238 e. The molecule has 0 amide bonds. The second-order valence-corrected chi connectivity index (χ2v) is 5.55. The largest absolute Gasteiger partial charge is 0.437 e. The van der Waals surface area contributed by atoms with Crippen molar-refractivity contribution >= 4 is 15.9 Å². The van der Waals surface area contributed by atoms with E-state index < -0.39 is 0 Å². The summed E-state index contributed by atoms with van der Waals surface area (Å²) in [6.45, 7) is 0.722. The standard InChI is InChI=1S/C14H13BrFN3O/c15-12-7-11(4-5-13(12)16)20-14-6-3-10(18-19-14)8-17-9-1-2-9/h3-7,9,17H,1-2,8H2. The van der Waals surface area contributed by atoms with Crippen LogP contribution < -0.4 is 10.1 Å². The zero-order valence-electron chi connectivity index (χ0n) is 10.6. The SMILES string of the molecule is Fc1ccc(Oc2ccc(CNC3CC3)nn2)cc1Br. The van der Waals surface area contributed by atoms with Crippen molar-refractivity contribution in [2.45, 2.75) is 25.4 Å².